The second-order valence-electron chi connectivity index (χ2n) is 4.60. The van der Waals surface area contributed by atoms with E-state index in [0.29, 0.717) is 5.69 Å². The predicted molar refractivity (Wildman–Crippen MR) is 92.1 cm³/mol. The Hall–Kier alpha value is -2.01. The first-order chi connectivity index (χ1) is 10.5. The minimum absolute atomic E-state index is 0.575. The zero-order valence-corrected chi connectivity index (χ0v) is 14.3. The van der Waals surface area contributed by atoms with Crippen molar-refractivity contribution in [1.29, 1.82) is 0 Å². The average molecular weight is 321 g/mol. The Bertz CT molecular complexity index is 662. The molecule has 120 valence electrons. The molecule has 1 N–H and O–H groups in total. The number of nitrogens with one attached hydrogen (secondary N) is 1. The van der Waals surface area contributed by atoms with Crippen LogP contribution in [0.1, 0.15) is 25.0 Å². The molecule has 2 rings (SSSR count). The zero-order valence-electron chi connectivity index (χ0n) is 13.5. The maximum absolute atomic E-state index is 11.1. The van der Waals surface area contributed by atoms with Crippen molar-refractivity contribution in [3.63, 3.8) is 0 Å². The summed E-state index contributed by atoms with van der Waals surface area (Å²) < 4.78 is 29.8. The molecule has 0 amide bonds. The molecule has 0 saturated carbocycles. The standard InChI is InChI=1S/C15H17NO3S.C2H6/c1-19-15-9-5-13(6-10-15)11-12-3-7-14(8-4-12)16-20(2,17)18;1-2/h3-10,16H,11H2,1-2H3;1-2H3. The number of hydrogen-bond donors (Lipinski definition) is 1. The van der Waals surface area contributed by atoms with E-state index in [1.807, 2.05) is 50.2 Å². The molecule has 4 nitrogen and oxygen atoms in total. The fourth-order valence-corrected chi connectivity index (χ4v) is 2.45. The number of methoxy groups -OCH3 is 1. The fraction of sp³-hybridized carbons (Fsp3) is 0.294. The van der Waals surface area contributed by atoms with E-state index in [-0.39, 0.29) is 0 Å². The summed E-state index contributed by atoms with van der Waals surface area (Å²) in [5, 5.41) is 0. The molecule has 0 fully saturated rings. The highest BCUT2D eigenvalue weighted by atomic mass is 32.2. The molecule has 0 spiro atoms. The highest BCUT2D eigenvalue weighted by Gasteiger charge is 2.02. The molecular formula is C17H23NO3S. The molecule has 22 heavy (non-hydrogen) atoms. The zero-order chi connectivity index (χ0) is 16.6. The maximum Gasteiger partial charge on any atom is 0.229 e. The van der Waals surface area contributed by atoms with Crippen LogP contribution >= 0.6 is 0 Å². The summed E-state index contributed by atoms with van der Waals surface area (Å²) in [7, 11) is -1.58. The lowest BCUT2D eigenvalue weighted by Crippen LogP contribution is -2.09. The van der Waals surface area contributed by atoms with E-state index in [0.717, 1.165) is 24.0 Å². The molecule has 0 aliphatic carbocycles. The Morgan fingerprint density at radius 2 is 1.36 bits per heavy atom. The third kappa shape index (κ3) is 6.18. The van der Waals surface area contributed by atoms with Crippen molar-refractivity contribution < 1.29 is 13.2 Å². The van der Waals surface area contributed by atoms with Crippen molar-refractivity contribution >= 4 is 15.7 Å². The van der Waals surface area contributed by atoms with Gasteiger partial charge in [-0.3, -0.25) is 4.72 Å². The quantitative estimate of drug-likeness (QED) is 0.914. The normalized spacial score (nSPS) is 10.4. The molecule has 0 atom stereocenters. The van der Waals surface area contributed by atoms with Gasteiger partial charge in [0.1, 0.15) is 5.75 Å². The molecule has 0 saturated heterocycles. The lowest BCUT2D eigenvalue weighted by molar-refractivity contribution is 0.414. The van der Waals surface area contributed by atoms with E-state index in [1.165, 1.54) is 5.56 Å². The molecule has 0 bridgehead atoms. The fourth-order valence-electron chi connectivity index (χ4n) is 1.88. The van der Waals surface area contributed by atoms with E-state index in [2.05, 4.69) is 4.72 Å². The topological polar surface area (TPSA) is 55.4 Å². The second-order valence-corrected chi connectivity index (χ2v) is 6.34. The summed E-state index contributed by atoms with van der Waals surface area (Å²) in [6.45, 7) is 4.00. The van der Waals surface area contributed by atoms with Crippen LogP contribution in [0.3, 0.4) is 0 Å². The van der Waals surface area contributed by atoms with E-state index in [1.54, 1.807) is 19.2 Å². The smallest absolute Gasteiger partial charge is 0.229 e. The Labute approximate surface area is 133 Å². The minimum atomic E-state index is -3.22. The van der Waals surface area contributed by atoms with Crippen LogP contribution in [0.4, 0.5) is 5.69 Å². The van der Waals surface area contributed by atoms with Gasteiger partial charge < -0.3 is 4.74 Å². The molecule has 0 aliphatic heterocycles. The van der Waals surface area contributed by atoms with Crippen LogP contribution in [0.5, 0.6) is 5.75 Å². The number of ether oxygens (including phenoxy) is 1. The third-order valence-electron chi connectivity index (χ3n) is 2.82. The number of anilines is 1. The Morgan fingerprint density at radius 3 is 1.77 bits per heavy atom. The number of benzene rings is 2. The summed E-state index contributed by atoms with van der Waals surface area (Å²) in [6.07, 6.45) is 1.93. The Morgan fingerprint density at radius 1 is 0.909 bits per heavy atom. The van der Waals surface area contributed by atoms with Crippen LogP contribution in [0.2, 0.25) is 0 Å². The van der Waals surface area contributed by atoms with Gasteiger partial charge in [-0.05, 0) is 41.8 Å². The van der Waals surface area contributed by atoms with Gasteiger partial charge in [0.2, 0.25) is 10.0 Å². The van der Waals surface area contributed by atoms with Crippen molar-refractivity contribution in [2.45, 2.75) is 20.3 Å². The highest BCUT2D eigenvalue weighted by molar-refractivity contribution is 7.92. The largest absolute Gasteiger partial charge is 0.497 e. The lowest BCUT2D eigenvalue weighted by Gasteiger charge is -2.06. The van der Waals surface area contributed by atoms with Gasteiger partial charge in [0, 0.05) is 5.69 Å². The first kappa shape index (κ1) is 18.0. The van der Waals surface area contributed by atoms with Gasteiger partial charge in [0.05, 0.1) is 13.4 Å². The van der Waals surface area contributed by atoms with Gasteiger partial charge in [0.25, 0.3) is 0 Å². The van der Waals surface area contributed by atoms with Crippen molar-refractivity contribution in [3.8, 4) is 5.75 Å². The molecular weight excluding hydrogens is 298 g/mol. The van der Waals surface area contributed by atoms with Gasteiger partial charge in [-0.2, -0.15) is 0 Å². The van der Waals surface area contributed by atoms with Gasteiger partial charge in [0.15, 0.2) is 0 Å². The molecule has 0 unspecified atom stereocenters. The monoisotopic (exact) mass is 321 g/mol. The molecule has 5 heteroatoms. The Kier molecular flexibility index (Phi) is 6.92. The second kappa shape index (κ2) is 8.44. The maximum atomic E-state index is 11.1. The number of sulfonamides is 1. The molecule has 2 aromatic carbocycles. The summed E-state index contributed by atoms with van der Waals surface area (Å²) >= 11 is 0. The lowest BCUT2D eigenvalue weighted by atomic mass is 10.0. The van der Waals surface area contributed by atoms with Crippen LogP contribution in [-0.2, 0) is 16.4 Å². The van der Waals surface area contributed by atoms with Crippen molar-refractivity contribution in [2.24, 2.45) is 0 Å². The highest BCUT2D eigenvalue weighted by Crippen LogP contribution is 2.17. The van der Waals surface area contributed by atoms with Crippen molar-refractivity contribution in [2.75, 3.05) is 18.1 Å². The summed E-state index contributed by atoms with van der Waals surface area (Å²) in [5.41, 5.74) is 2.87. The minimum Gasteiger partial charge on any atom is -0.497 e. The molecule has 0 aromatic heterocycles. The number of hydrogen-bond acceptors (Lipinski definition) is 3. The number of rotatable bonds is 5. The van der Waals surface area contributed by atoms with Gasteiger partial charge >= 0.3 is 0 Å². The van der Waals surface area contributed by atoms with E-state index < -0.39 is 10.0 Å². The van der Waals surface area contributed by atoms with Crippen molar-refractivity contribution in [3.05, 3.63) is 59.7 Å². The van der Waals surface area contributed by atoms with Gasteiger partial charge in [-0.15, -0.1) is 0 Å². The van der Waals surface area contributed by atoms with Gasteiger partial charge in [-0.1, -0.05) is 38.1 Å². The van der Waals surface area contributed by atoms with E-state index in [9.17, 15) is 8.42 Å². The van der Waals surface area contributed by atoms with Crippen LogP contribution in [0.15, 0.2) is 48.5 Å². The molecule has 0 radical (unpaired) electrons. The van der Waals surface area contributed by atoms with Crippen molar-refractivity contribution in [1.82, 2.24) is 0 Å². The summed E-state index contributed by atoms with van der Waals surface area (Å²) in [5.74, 6) is 0.835. The summed E-state index contributed by atoms with van der Waals surface area (Å²) in [4.78, 5) is 0. The SMILES string of the molecule is CC.COc1ccc(Cc2ccc(NS(C)(=O)=O)cc2)cc1. The average Bonchev–Trinajstić information content (AvgIpc) is 2.51. The van der Waals surface area contributed by atoms with Crippen LogP contribution in [0.25, 0.3) is 0 Å². The predicted octanol–water partition coefficient (Wildman–Crippen LogP) is 3.68. The van der Waals surface area contributed by atoms with Gasteiger partial charge in [-0.25, -0.2) is 8.42 Å². The van der Waals surface area contributed by atoms with Crippen LogP contribution < -0.4 is 9.46 Å². The molecule has 2 aromatic rings. The van der Waals surface area contributed by atoms with E-state index >= 15 is 0 Å². The molecule has 0 heterocycles. The van der Waals surface area contributed by atoms with E-state index in [4.69, 9.17) is 4.74 Å². The first-order valence-corrected chi connectivity index (χ1v) is 9.05. The molecule has 0 aliphatic rings. The Balaban J connectivity index is 0.00000116. The summed E-state index contributed by atoms with van der Waals surface area (Å²) in [6, 6.07) is 15.2. The van der Waals surface area contributed by atoms with Crippen LogP contribution in [0, 0.1) is 0 Å². The van der Waals surface area contributed by atoms with Crippen LogP contribution in [-0.4, -0.2) is 21.8 Å². The third-order valence-corrected chi connectivity index (χ3v) is 3.43. The first-order valence-electron chi connectivity index (χ1n) is 7.16.